The lowest BCUT2D eigenvalue weighted by Gasteiger charge is -2.59. The number of amides is 2. The van der Waals surface area contributed by atoms with E-state index in [1.54, 1.807) is 38.2 Å². The van der Waals surface area contributed by atoms with Gasteiger partial charge in [0.05, 0.1) is 50.2 Å². The van der Waals surface area contributed by atoms with Crippen molar-refractivity contribution in [2.24, 2.45) is 56.5 Å². The molecule has 8 aliphatic carbocycles. The second-order valence-electron chi connectivity index (χ2n) is 25.7. The molecule has 6 saturated carbocycles. The van der Waals surface area contributed by atoms with Gasteiger partial charge >= 0.3 is 5.97 Å². The number of carbonyl (C=O) groups excluding carboxylic acids is 5. The Morgan fingerprint density at radius 2 is 1.19 bits per heavy atom. The van der Waals surface area contributed by atoms with E-state index in [0.29, 0.717) is 49.7 Å². The van der Waals surface area contributed by atoms with Crippen LogP contribution in [-0.4, -0.2) is 141 Å². The van der Waals surface area contributed by atoms with Crippen LogP contribution in [0.2, 0.25) is 18.1 Å². The molecule has 0 radical (unpaired) electrons. The Morgan fingerprint density at radius 1 is 0.760 bits per heavy atom. The predicted octanol–water partition coefficient (Wildman–Crippen LogP) is 4.87. The number of Topliss-reactive ketones (excluding diaryl/α,β-unsaturated/α-hetero) is 2. The first kappa shape index (κ1) is 54.2. The minimum atomic E-state index is -2.66. The Bertz CT molecular complexity index is 2720. The fraction of sp³-hybridized carbons (Fsp3) is 0.727. The highest BCUT2D eigenvalue weighted by atomic mass is 28.4. The molecular weight excluding hydrogens is 991 g/mol. The number of esters is 1. The normalized spacial score (nSPS) is 45.4. The highest BCUT2D eigenvalue weighted by Crippen LogP contribution is 2.78. The number of ether oxygens (including phenoxy) is 3. The van der Waals surface area contributed by atoms with Gasteiger partial charge in [0.2, 0.25) is 11.8 Å². The van der Waals surface area contributed by atoms with E-state index in [0.717, 1.165) is 7.11 Å². The minimum absolute atomic E-state index is 0.0390. The van der Waals surface area contributed by atoms with Crippen molar-refractivity contribution >= 4 is 49.1 Å². The fourth-order valence-electron chi connectivity index (χ4n) is 16.4. The Labute approximate surface area is 437 Å². The van der Waals surface area contributed by atoms with Crippen molar-refractivity contribution in [3.8, 4) is 0 Å². The average molecular weight is 1070 g/mol. The van der Waals surface area contributed by atoms with Crippen LogP contribution in [0, 0.1) is 46.3 Å². The highest BCUT2D eigenvalue weighted by Gasteiger charge is 2.89. The number of alkyl halides is 2. The molecule has 8 fully saturated rings. The first-order valence-electron chi connectivity index (χ1n) is 26.7. The molecule has 2 saturated heterocycles. The maximum absolute atomic E-state index is 18.1. The van der Waals surface area contributed by atoms with Crippen LogP contribution >= 0.6 is 0 Å². The van der Waals surface area contributed by atoms with E-state index in [2.05, 4.69) is 54.9 Å². The number of ketones is 2. The van der Waals surface area contributed by atoms with Gasteiger partial charge < -0.3 is 39.1 Å². The lowest BCUT2D eigenvalue weighted by atomic mass is 9.48. The molecular formula is C55H74F2N4O13Si. The highest BCUT2D eigenvalue weighted by molar-refractivity contribution is 6.74. The van der Waals surface area contributed by atoms with Crippen molar-refractivity contribution in [3.05, 3.63) is 47.6 Å². The quantitative estimate of drug-likeness (QED) is 0.0624. The van der Waals surface area contributed by atoms with Crippen molar-refractivity contribution in [3.63, 3.8) is 0 Å². The molecule has 0 bridgehead atoms. The zero-order valence-electron chi connectivity index (χ0n) is 44.7. The molecule has 1 unspecified atom stereocenters. The van der Waals surface area contributed by atoms with Crippen LogP contribution in [0.15, 0.2) is 57.8 Å². The maximum atomic E-state index is 18.1. The predicted molar refractivity (Wildman–Crippen MR) is 270 cm³/mol. The molecule has 0 aromatic heterocycles. The van der Waals surface area contributed by atoms with Crippen LogP contribution in [0.25, 0.3) is 0 Å². The van der Waals surface area contributed by atoms with Crippen molar-refractivity contribution < 1.29 is 71.8 Å². The molecule has 10 rings (SSSR count). The summed E-state index contributed by atoms with van der Waals surface area (Å²) in [4.78, 5) is 66.7. The fourth-order valence-corrected chi connectivity index (χ4v) is 17.3. The Kier molecular flexibility index (Phi) is 12.4. The molecule has 0 aromatic carbocycles. The number of halogens is 2. The summed E-state index contributed by atoms with van der Waals surface area (Å²) in [5.74, 6) is -6.13. The van der Waals surface area contributed by atoms with Gasteiger partial charge in [-0.1, -0.05) is 57.9 Å². The Hall–Kier alpha value is -4.15. The summed E-state index contributed by atoms with van der Waals surface area (Å²) in [6.45, 7) is 17.0. The van der Waals surface area contributed by atoms with Crippen molar-refractivity contribution in [2.45, 2.75) is 182 Å². The summed E-state index contributed by atoms with van der Waals surface area (Å²) in [6.07, 6.45) is 7.29. The van der Waals surface area contributed by atoms with E-state index in [-0.39, 0.29) is 65.4 Å². The molecule has 17 nitrogen and oxygen atoms in total. The summed E-state index contributed by atoms with van der Waals surface area (Å²) < 4.78 is 59.7. The lowest BCUT2D eigenvalue weighted by molar-refractivity contribution is -0.179. The second-order valence-corrected chi connectivity index (χ2v) is 30.5. The summed E-state index contributed by atoms with van der Waals surface area (Å²) in [5, 5.41) is 53.0. The Morgan fingerprint density at radius 3 is 1.59 bits per heavy atom. The molecule has 2 aliphatic heterocycles. The number of hydrogen-bond acceptors (Lipinski definition) is 15. The average Bonchev–Trinajstić information content (AvgIpc) is 4.31. The Balaban J connectivity index is 0.771. The number of allylic oxidation sites excluding steroid dienone is 8. The number of carbonyl (C=O) groups is 5. The third-order valence-electron chi connectivity index (χ3n) is 21.3. The molecule has 6 N–H and O–H groups in total. The van der Waals surface area contributed by atoms with Gasteiger partial charge in [-0.2, -0.15) is 10.2 Å². The number of fused-ring (bicyclic) bond motifs is 8. The smallest absolute Gasteiger partial charge is 0.338 e. The molecule has 0 aromatic rings. The molecule has 10 aliphatic rings. The monoisotopic (exact) mass is 1060 g/mol. The van der Waals surface area contributed by atoms with Gasteiger partial charge in [-0.05, 0) is 118 Å². The molecule has 20 heteroatoms. The summed E-state index contributed by atoms with van der Waals surface area (Å²) in [7, 11) is -1.27. The number of aliphatic hydroxyl groups excluding tert-OH is 3. The van der Waals surface area contributed by atoms with Crippen molar-refractivity contribution in [1.29, 1.82) is 0 Å². The largest absolute Gasteiger partial charge is 0.467 e. The third-order valence-corrected chi connectivity index (χ3v) is 25.8. The van der Waals surface area contributed by atoms with Gasteiger partial charge in [0.1, 0.15) is 17.8 Å². The number of nitrogens with one attached hydrogen (secondary N) is 2. The van der Waals surface area contributed by atoms with Gasteiger partial charge in [-0.15, -0.1) is 0 Å². The number of hydrogen-bond donors (Lipinski definition) is 6. The lowest BCUT2D eigenvalue weighted by Crippen LogP contribution is -2.66. The van der Waals surface area contributed by atoms with Crippen molar-refractivity contribution in [2.75, 3.05) is 20.3 Å². The first-order valence-corrected chi connectivity index (χ1v) is 29.6. The number of nitrogens with zero attached hydrogens (tertiary/aromatic N) is 2. The standard InChI is InChI=1S/C55H74F2N4O13Si/c1-29-19-37-35-13-11-31-21-33(15-17-47(31,6)52(35,56)39(63)23-50(37)54(29,73-50)41(65)27-62)58-60-43(67)25-49(70,45(69)71-8)26-44(68)61-59-34-16-18-48(7)32(22-34)12-14-36-38-20-30(2)55(42(66)28-72-75(9,10)46(3,4)5)51(38,74-55)24-40(64)53(36,48)57/h15-18,21-22,29-30,35-40,62-64,70H,11-14,19-20,23-28H2,1-10H3,(H,60,67)(H,61,68)/b58-33+,59-34+/t29-,30-,35+,36+,37+,38+,39+,40+,47+,48+,49?,50-,51-,52+,53+,54+,55+/m1/s1. The van der Waals surface area contributed by atoms with Crippen LogP contribution < -0.4 is 10.9 Å². The number of hydrazone groups is 2. The van der Waals surface area contributed by atoms with E-state index in [1.807, 2.05) is 13.8 Å². The van der Waals surface area contributed by atoms with Gasteiger partial charge in [-0.25, -0.2) is 24.4 Å². The van der Waals surface area contributed by atoms with E-state index in [4.69, 9.17) is 18.6 Å². The molecule has 410 valence electrons. The number of epoxide rings is 2. The number of rotatable bonds is 13. The third kappa shape index (κ3) is 7.10. The van der Waals surface area contributed by atoms with Gasteiger partial charge in [0.15, 0.2) is 48.0 Å². The summed E-state index contributed by atoms with van der Waals surface area (Å²) in [6, 6.07) is 0. The van der Waals surface area contributed by atoms with E-state index < -0.39 is 126 Å². The van der Waals surface area contributed by atoms with E-state index in [1.165, 1.54) is 12.2 Å². The summed E-state index contributed by atoms with van der Waals surface area (Å²) >= 11 is 0. The van der Waals surface area contributed by atoms with Crippen LogP contribution in [-0.2, 0) is 42.6 Å². The molecule has 17 atom stereocenters. The SMILES string of the molecule is COC(=O)C(O)(CC(=O)N/N=C1\C=C[C@@]2(C)C(=C1)CC[C@H]1[C@@H]3C[C@@H](C)[C@@]4(C(=O)CO)O[C@]34C[C@H](O)[C@@]12F)CC(=O)N/N=C1\C=C[C@@]2(C)C(=C1)CC[C@H]1[C@@H]3C[C@@H](C)[C@@]4(C(=O)CO[Si](C)(C)C(C)(C)C)O[C@]34C[C@H](O)[C@@]12F. The second kappa shape index (κ2) is 17.2. The molecule has 75 heavy (non-hydrogen) atoms. The van der Waals surface area contributed by atoms with Gasteiger partial charge in [0.25, 0.3) is 0 Å². The zero-order chi connectivity index (χ0) is 54.7. The topological polar surface area (TPSA) is 259 Å². The van der Waals surface area contributed by atoms with Gasteiger partial charge in [0, 0.05) is 35.5 Å². The van der Waals surface area contributed by atoms with Crippen molar-refractivity contribution in [1.82, 2.24) is 10.9 Å². The van der Waals surface area contributed by atoms with E-state index in [9.17, 15) is 44.4 Å². The molecule has 2 spiro atoms. The van der Waals surface area contributed by atoms with Crippen LogP contribution in [0.4, 0.5) is 8.78 Å². The number of methoxy groups -OCH3 is 1. The minimum Gasteiger partial charge on any atom is -0.467 e. The maximum Gasteiger partial charge on any atom is 0.338 e. The van der Waals surface area contributed by atoms with Crippen LogP contribution in [0.1, 0.15) is 113 Å². The van der Waals surface area contributed by atoms with E-state index >= 15 is 8.78 Å². The first-order chi connectivity index (χ1) is 34.9. The van der Waals surface area contributed by atoms with Crippen LogP contribution in [0.5, 0.6) is 0 Å². The number of aliphatic hydroxyl groups is 4. The molecule has 2 amide bonds. The molecule has 2 heterocycles. The summed E-state index contributed by atoms with van der Waals surface area (Å²) in [5.41, 5.74) is -7.42. The van der Waals surface area contributed by atoms with Crippen LogP contribution in [0.3, 0.4) is 0 Å². The van der Waals surface area contributed by atoms with Gasteiger partial charge in [-0.3, -0.25) is 19.2 Å². The zero-order valence-corrected chi connectivity index (χ0v) is 45.7.